The highest BCUT2D eigenvalue weighted by atomic mass is 127. The van der Waals surface area contributed by atoms with Crippen LogP contribution in [0.5, 0.6) is 0 Å². The number of anilines is 2. The van der Waals surface area contributed by atoms with E-state index in [4.69, 9.17) is 4.74 Å². The van der Waals surface area contributed by atoms with Crippen LogP contribution in [-0.4, -0.2) is 46.1 Å². The van der Waals surface area contributed by atoms with Crippen molar-refractivity contribution in [2.24, 2.45) is 0 Å². The molecule has 1 aromatic carbocycles. The van der Waals surface area contributed by atoms with E-state index in [9.17, 15) is 13.6 Å². The van der Waals surface area contributed by atoms with Crippen LogP contribution in [0.3, 0.4) is 0 Å². The van der Waals surface area contributed by atoms with Crippen LogP contribution in [0.4, 0.5) is 20.2 Å². The molecule has 1 N–H and O–H groups in total. The average molecular weight is 577 g/mol. The molecular formula is C16H19F2I2N3O2. The van der Waals surface area contributed by atoms with E-state index >= 15 is 0 Å². The smallest absolute Gasteiger partial charge is 0.216 e. The van der Waals surface area contributed by atoms with Gasteiger partial charge < -0.3 is 19.9 Å². The third-order valence-electron chi connectivity index (χ3n) is 4.34. The second-order valence-electron chi connectivity index (χ2n) is 6.15. The van der Waals surface area contributed by atoms with Gasteiger partial charge in [-0.3, -0.25) is 4.79 Å². The topological polar surface area (TPSA) is 44.8 Å². The Morgan fingerprint density at radius 2 is 2.16 bits per heavy atom. The summed E-state index contributed by atoms with van der Waals surface area (Å²) in [5, 5.41) is 2.74. The molecule has 3 unspecified atom stereocenters. The summed E-state index contributed by atoms with van der Waals surface area (Å²) in [5.74, 6) is -0.463. The van der Waals surface area contributed by atoms with Crippen LogP contribution in [0.1, 0.15) is 13.3 Å². The molecule has 0 bridgehead atoms. The van der Waals surface area contributed by atoms with Crippen molar-refractivity contribution < 1.29 is 18.3 Å². The van der Waals surface area contributed by atoms with E-state index in [1.807, 2.05) is 33.6 Å². The van der Waals surface area contributed by atoms with E-state index in [2.05, 4.69) is 27.9 Å². The van der Waals surface area contributed by atoms with Crippen molar-refractivity contribution in [1.29, 1.82) is 0 Å². The molecule has 4 atom stereocenters. The molecule has 0 aromatic heterocycles. The summed E-state index contributed by atoms with van der Waals surface area (Å²) >= 11 is 4.17. The molecule has 2 saturated heterocycles. The Morgan fingerprint density at radius 1 is 1.40 bits per heavy atom. The van der Waals surface area contributed by atoms with Crippen molar-refractivity contribution in [2.75, 3.05) is 29.4 Å². The monoisotopic (exact) mass is 577 g/mol. The number of hydrogen-bond donors (Lipinski definition) is 1. The maximum Gasteiger partial charge on any atom is 0.216 e. The Labute approximate surface area is 172 Å². The Bertz CT molecular complexity index is 652. The predicted octanol–water partition coefficient (Wildman–Crippen LogP) is 3.19. The Balaban J connectivity index is 1.71. The highest BCUT2D eigenvalue weighted by Crippen LogP contribution is 2.36. The van der Waals surface area contributed by atoms with Gasteiger partial charge in [0.1, 0.15) is 16.0 Å². The first-order valence-corrected chi connectivity index (χ1v) is 10.5. The fraction of sp³-hybridized carbons (Fsp3) is 0.562. The van der Waals surface area contributed by atoms with Crippen molar-refractivity contribution in [3.63, 3.8) is 0 Å². The van der Waals surface area contributed by atoms with E-state index < -0.39 is 6.17 Å². The number of nitrogens with zero attached hydrogens (tertiary/aromatic N) is 2. The van der Waals surface area contributed by atoms with Crippen molar-refractivity contribution >= 4 is 62.5 Å². The van der Waals surface area contributed by atoms with Gasteiger partial charge in [0, 0.05) is 32.2 Å². The lowest BCUT2D eigenvalue weighted by Crippen LogP contribution is -2.33. The first-order chi connectivity index (χ1) is 11.9. The van der Waals surface area contributed by atoms with E-state index in [1.54, 1.807) is 11.0 Å². The summed E-state index contributed by atoms with van der Waals surface area (Å²) in [6, 6.07) is 5.02. The van der Waals surface area contributed by atoms with Crippen LogP contribution in [0.25, 0.3) is 0 Å². The number of rotatable bonds is 4. The fourth-order valence-corrected chi connectivity index (χ4v) is 4.95. The third kappa shape index (κ3) is 4.29. The molecule has 2 heterocycles. The zero-order valence-electron chi connectivity index (χ0n) is 13.6. The Hall–Kier alpha value is -0.430. The van der Waals surface area contributed by atoms with Gasteiger partial charge in [-0.05, 0) is 47.2 Å². The van der Waals surface area contributed by atoms with Crippen molar-refractivity contribution in [2.45, 2.75) is 33.9 Å². The number of halogens is 4. The number of benzene rings is 1. The highest BCUT2D eigenvalue weighted by Gasteiger charge is 2.35. The molecule has 1 aromatic rings. The van der Waals surface area contributed by atoms with E-state index in [1.165, 1.54) is 13.0 Å². The SMILES string of the molecule is CC(=O)NC[C@H]1CN(c2ccc(N3CCC(F)C3I)c(F)c2)C(I)O1. The lowest BCUT2D eigenvalue weighted by Gasteiger charge is -2.26. The highest BCUT2D eigenvalue weighted by molar-refractivity contribution is 14.1. The van der Waals surface area contributed by atoms with Gasteiger partial charge in [0.25, 0.3) is 0 Å². The molecule has 3 rings (SSSR count). The number of nitrogens with one attached hydrogen (secondary N) is 1. The molecular weight excluding hydrogens is 558 g/mol. The fourth-order valence-electron chi connectivity index (χ4n) is 3.05. The van der Waals surface area contributed by atoms with Gasteiger partial charge in [0.2, 0.25) is 5.91 Å². The minimum atomic E-state index is -0.931. The molecule has 0 saturated carbocycles. The van der Waals surface area contributed by atoms with Crippen molar-refractivity contribution in [3.05, 3.63) is 24.0 Å². The van der Waals surface area contributed by atoms with Gasteiger partial charge in [-0.15, -0.1) is 0 Å². The van der Waals surface area contributed by atoms with Crippen LogP contribution >= 0.6 is 45.2 Å². The summed E-state index contributed by atoms with van der Waals surface area (Å²) in [7, 11) is 0. The van der Waals surface area contributed by atoms with Gasteiger partial charge in [0.05, 0.1) is 11.8 Å². The lowest BCUT2D eigenvalue weighted by molar-refractivity contribution is -0.119. The summed E-state index contributed by atoms with van der Waals surface area (Å²) < 4.78 is 33.6. The van der Waals surface area contributed by atoms with E-state index in [0.29, 0.717) is 37.4 Å². The second-order valence-corrected chi connectivity index (χ2v) is 8.49. The van der Waals surface area contributed by atoms with Gasteiger partial charge in [-0.2, -0.15) is 0 Å². The second kappa shape index (κ2) is 8.07. The molecule has 0 spiro atoms. The zero-order valence-corrected chi connectivity index (χ0v) is 17.9. The molecule has 9 heteroatoms. The van der Waals surface area contributed by atoms with E-state index in [-0.39, 0.29) is 26.1 Å². The van der Waals surface area contributed by atoms with Crippen LogP contribution < -0.4 is 15.1 Å². The summed E-state index contributed by atoms with van der Waals surface area (Å²) in [6.45, 7) is 2.97. The van der Waals surface area contributed by atoms with Gasteiger partial charge in [-0.1, -0.05) is 22.6 Å². The number of carbonyl (C=O) groups excluding carboxylic acids is 1. The minimum absolute atomic E-state index is 0.104. The molecule has 0 radical (unpaired) electrons. The third-order valence-corrected chi connectivity index (χ3v) is 6.76. The lowest BCUT2D eigenvalue weighted by atomic mass is 10.2. The molecule has 0 aliphatic carbocycles. The van der Waals surface area contributed by atoms with Crippen molar-refractivity contribution in [3.8, 4) is 0 Å². The van der Waals surface area contributed by atoms with Crippen LogP contribution in [0.15, 0.2) is 18.2 Å². The van der Waals surface area contributed by atoms with Crippen LogP contribution in [0.2, 0.25) is 0 Å². The quantitative estimate of drug-likeness (QED) is 0.340. The number of hydrogen-bond acceptors (Lipinski definition) is 4. The van der Waals surface area contributed by atoms with Crippen LogP contribution in [-0.2, 0) is 9.53 Å². The van der Waals surface area contributed by atoms with Gasteiger partial charge in [0.15, 0.2) is 4.23 Å². The Morgan fingerprint density at radius 3 is 2.76 bits per heavy atom. The van der Waals surface area contributed by atoms with Crippen LogP contribution in [0, 0.1) is 5.82 Å². The van der Waals surface area contributed by atoms with E-state index in [0.717, 1.165) is 0 Å². The summed E-state index contributed by atoms with van der Waals surface area (Å²) in [5.41, 5.74) is 1.15. The maximum atomic E-state index is 14.6. The van der Waals surface area contributed by atoms with Gasteiger partial charge >= 0.3 is 0 Å². The number of carbonyl (C=O) groups is 1. The summed E-state index contributed by atoms with van der Waals surface area (Å²) in [6.07, 6.45) is -0.645. The number of ether oxygens (including phenoxy) is 1. The van der Waals surface area contributed by atoms with Gasteiger partial charge in [-0.25, -0.2) is 8.78 Å². The molecule has 5 nitrogen and oxygen atoms in total. The molecule has 1 amide bonds. The number of alkyl halides is 3. The largest absolute Gasteiger partial charge is 0.354 e. The number of amides is 1. The minimum Gasteiger partial charge on any atom is -0.354 e. The normalized spacial score (nSPS) is 29.3. The van der Waals surface area contributed by atoms with Crippen molar-refractivity contribution in [1.82, 2.24) is 5.32 Å². The standard InChI is InChI=1S/C16H19F2I2N3O2/c1-9(24)21-7-11-8-23(16(20)25-11)10-2-3-14(13(18)6-10)22-5-4-12(17)15(22)19/h2-3,6,11-12,15-16H,4-5,7-8H2,1H3,(H,21,24)/t11-,12?,15?,16?/m0/s1. The predicted molar refractivity (Wildman–Crippen MR) is 110 cm³/mol. The molecule has 138 valence electrons. The first kappa shape index (κ1) is 19.3. The molecule has 2 aliphatic heterocycles. The molecule has 2 fully saturated rings. The summed E-state index contributed by atoms with van der Waals surface area (Å²) in [4.78, 5) is 14.7. The maximum absolute atomic E-state index is 14.6. The molecule has 25 heavy (non-hydrogen) atoms. The Kier molecular flexibility index (Phi) is 6.24. The molecule has 2 aliphatic rings. The first-order valence-electron chi connectivity index (χ1n) is 8.01. The zero-order chi connectivity index (χ0) is 18.1. The average Bonchev–Trinajstić information content (AvgIpc) is 3.09.